The first-order chi connectivity index (χ1) is 13.4. The van der Waals surface area contributed by atoms with Gasteiger partial charge in [-0.2, -0.15) is 0 Å². The molecule has 0 amide bonds. The Bertz CT molecular complexity index is 555. The Morgan fingerprint density at radius 3 is 2.41 bits per heavy atom. The van der Waals surface area contributed by atoms with Crippen LogP contribution in [0.25, 0.3) is 0 Å². The second-order valence-electron chi connectivity index (χ2n) is 10.7. The highest BCUT2D eigenvalue weighted by Gasteiger charge is 2.43. The number of esters is 1. The molecule has 6 heteroatoms. The summed E-state index contributed by atoms with van der Waals surface area (Å²) in [6, 6.07) is 0. The van der Waals surface area contributed by atoms with E-state index in [-0.39, 0.29) is 18.2 Å². The van der Waals surface area contributed by atoms with Crippen molar-refractivity contribution in [1.82, 2.24) is 0 Å². The minimum absolute atomic E-state index is 0.0190. The molecule has 2 rings (SSSR count). The Morgan fingerprint density at radius 2 is 1.83 bits per heavy atom. The van der Waals surface area contributed by atoms with Gasteiger partial charge >= 0.3 is 5.97 Å². The minimum Gasteiger partial charge on any atom is -0.463 e. The SMILES string of the molecule is C[C@H](/C=C\[C@H]1C[C@@H](COC(=O)C(C)(C)C)OC2(CCCCC2)O1)CO[Si](C)(C)C. The fourth-order valence-corrected chi connectivity index (χ4v) is 4.41. The fraction of sp³-hybridized carbons (Fsp3) is 0.870. The van der Waals surface area contributed by atoms with Gasteiger partial charge in [0, 0.05) is 25.9 Å². The van der Waals surface area contributed by atoms with E-state index in [0.29, 0.717) is 18.9 Å². The molecule has 0 aromatic carbocycles. The number of carbonyl (C=O) groups is 1. The summed E-state index contributed by atoms with van der Waals surface area (Å²) in [6.45, 7) is 15.5. The Kier molecular flexibility index (Phi) is 8.54. The van der Waals surface area contributed by atoms with E-state index in [1.54, 1.807) is 0 Å². The summed E-state index contributed by atoms with van der Waals surface area (Å²) < 4.78 is 24.4. The first-order valence-electron chi connectivity index (χ1n) is 11.2. The molecular weight excluding hydrogens is 384 g/mol. The number of hydrogen-bond donors (Lipinski definition) is 0. The summed E-state index contributed by atoms with van der Waals surface area (Å²) in [5.41, 5.74) is -0.501. The number of carbonyl (C=O) groups excluding carboxylic acids is 1. The van der Waals surface area contributed by atoms with Crippen LogP contribution in [0.5, 0.6) is 0 Å². The van der Waals surface area contributed by atoms with Crippen LogP contribution in [-0.4, -0.2) is 45.5 Å². The van der Waals surface area contributed by atoms with Gasteiger partial charge in [0.05, 0.1) is 17.6 Å². The lowest BCUT2D eigenvalue weighted by molar-refractivity contribution is -0.324. The molecule has 0 N–H and O–H groups in total. The zero-order valence-electron chi connectivity index (χ0n) is 19.6. The minimum atomic E-state index is -1.50. The third-order valence-corrected chi connectivity index (χ3v) is 6.34. The summed E-state index contributed by atoms with van der Waals surface area (Å²) in [5, 5.41) is 0. The second-order valence-corrected chi connectivity index (χ2v) is 15.3. The van der Waals surface area contributed by atoms with Crippen molar-refractivity contribution in [1.29, 1.82) is 0 Å². The molecule has 1 spiro atoms. The first-order valence-corrected chi connectivity index (χ1v) is 14.6. The summed E-state index contributed by atoms with van der Waals surface area (Å²) >= 11 is 0. The number of hydrogen-bond acceptors (Lipinski definition) is 5. The van der Waals surface area contributed by atoms with Gasteiger partial charge in [-0.3, -0.25) is 4.79 Å². The molecule has 5 nitrogen and oxygen atoms in total. The van der Waals surface area contributed by atoms with Crippen LogP contribution >= 0.6 is 0 Å². The Hall–Kier alpha value is -0.693. The van der Waals surface area contributed by atoms with Crippen LogP contribution in [0.3, 0.4) is 0 Å². The maximum absolute atomic E-state index is 12.2. The van der Waals surface area contributed by atoms with Crippen LogP contribution < -0.4 is 0 Å². The van der Waals surface area contributed by atoms with Gasteiger partial charge in [-0.05, 0) is 59.2 Å². The molecule has 1 saturated carbocycles. The topological polar surface area (TPSA) is 54.0 Å². The van der Waals surface area contributed by atoms with E-state index in [0.717, 1.165) is 32.3 Å². The van der Waals surface area contributed by atoms with Gasteiger partial charge in [-0.15, -0.1) is 0 Å². The number of rotatable bonds is 7. The van der Waals surface area contributed by atoms with Crippen molar-refractivity contribution < 1.29 is 23.4 Å². The Labute approximate surface area is 178 Å². The molecule has 3 atom stereocenters. The van der Waals surface area contributed by atoms with Crippen molar-refractivity contribution in [3.63, 3.8) is 0 Å². The van der Waals surface area contributed by atoms with Crippen LogP contribution in [0, 0.1) is 11.3 Å². The molecule has 168 valence electrons. The van der Waals surface area contributed by atoms with Crippen molar-refractivity contribution in [2.45, 2.75) is 104 Å². The Balaban J connectivity index is 1.99. The lowest BCUT2D eigenvalue weighted by Gasteiger charge is -2.46. The van der Waals surface area contributed by atoms with E-state index in [1.165, 1.54) is 6.42 Å². The van der Waals surface area contributed by atoms with Crippen molar-refractivity contribution >= 4 is 14.3 Å². The van der Waals surface area contributed by atoms with E-state index in [9.17, 15) is 4.79 Å². The standard InChI is InChI=1S/C23H42O5Si/c1-18(16-26-29(5,6)7)11-12-19-15-20(17-25-21(24)22(2,3)4)28-23(27-19)13-9-8-10-14-23/h11-12,18-20H,8-10,13-17H2,1-7H3/b12-11-/t18-,19+,20+/m1/s1. The van der Waals surface area contributed by atoms with Gasteiger partial charge in [0.15, 0.2) is 14.1 Å². The van der Waals surface area contributed by atoms with Gasteiger partial charge in [-0.1, -0.05) is 25.5 Å². The molecule has 2 aliphatic rings. The molecule has 0 radical (unpaired) electrons. The first kappa shape index (κ1) is 24.6. The average Bonchev–Trinajstić information content (AvgIpc) is 2.61. The monoisotopic (exact) mass is 426 g/mol. The predicted octanol–water partition coefficient (Wildman–Crippen LogP) is 5.45. The zero-order valence-corrected chi connectivity index (χ0v) is 20.6. The molecule has 2 fully saturated rings. The molecule has 1 aliphatic heterocycles. The molecule has 29 heavy (non-hydrogen) atoms. The molecule has 0 unspecified atom stereocenters. The molecule has 0 aromatic rings. The van der Waals surface area contributed by atoms with Crippen LogP contribution in [0.1, 0.15) is 66.2 Å². The summed E-state index contributed by atoms with van der Waals surface area (Å²) in [7, 11) is -1.50. The molecule has 0 bridgehead atoms. The highest BCUT2D eigenvalue weighted by Crippen LogP contribution is 2.39. The van der Waals surface area contributed by atoms with Crippen molar-refractivity contribution in [2.24, 2.45) is 11.3 Å². The van der Waals surface area contributed by atoms with Crippen LogP contribution in [0.4, 0.5) is 0 Å². The fourth-order valence-electron chi connectivity index (χ4n) is 3.64. The molecular formula is C23H42O5Si. The normalized spacial score (nSPS) is 26.6. The van der Waals surface area contributed by atoms with E-state index < -0.39 is 19.5 Å². The maximum Gasteiger partial charge on any atom is 0.311 e. The van der Waals surface area contributed by atoms with Crippen molar-refractivity contribution in [3.8, 4) is 0 Å². The molecule has 1 saturated heterocycles. The summed E-state index contributed by atoms with van der Waals surface area (Å²) in [5.74, 6) is -0.371. The number of ether oxygens (including phenoxy) is 3. The quantitative estimate of drug-likeness (QED) is 0.308. The molecule has 1 heterocycles. The maximum atomic E-state index is 12.2. The zero-order chi connectivity index (χ0) is 21.7. The van der Waals surface area contributed by atoms with Gasteiger partial charge in [0.25, 0.3) is 0 Å². The van der Waals surface area contributed by atoms with E-state index >= 15 is 0 Å². The van der Waals surface area contributed by atoms with Gasteiger partial charge in [0.2, 0.25) is 0 Å². The van der Waals surface area contributed by atoms with Gasteiger partial charge in [0.1, 0.15) is 6.61 Å². The van der Waals surface area contributed by atoms with Crippen LogP contribution in [-0.2, 0) is 23.4 Å². The van der Waals surface area contributed by atoms with Crippen molar-refractivity contribution in [2.75, 3.05) is 13.2 Å². The summed E-state index contributed by atoms with van der Waals surface area (Å²) in [4.78, 5) is 12.2. The molecule has 1 aliphatic carbocycles. The highest BCUT2D eigenvalue weighted by atomic mass is 28.4. The van der Waals surface area contributed by atoms with E-state index in [1.807, 2.05) is 20.8 Å². The van der Waals surface area contributed by atoms with Crippen LogP contribution in [0.2, 0.25) is 19.6 Å². The highest BCUT2D eigenvalue weighted by molar-refractivity contribution is 6.69. The van der Waals surface area contributed by atoms with E-state index in [4.69, 9.17) is 18.6 Å². The lowest BCUT2D eigenvalue weighted by Crippen LogP contribution is -2.50. The smallest absolute Gasteiger partial charge is 0.311 e. The summed E-state index contributed by atoms with van der Waals surface area (Å²) in [6.07, 6.45) is 10.2. The predicted molar refractivity (Wildman–Crippen MR) is 118 cm³/mol. The lowest BCUT2D eigenvalue weighted by atomic mass is 9.92. The van der Waals surface area contributed by atoms with Gasteiger partial charge in [-0.25, -0.2) is 0 Å². The molecule has 0 aromatic heterocycles. The largest absolute Gasteiger partial charge is 0.463 e. The Morgan fingerprint density at radius 1 is 1.17 bits per heavy atom. The van der Waals surface area contributed by atoms with Crippen molar-refractivity contribution in [3.05, 3.63) is 12.2 Å². The average molecular weight is 427 g/mol. The third kappa shape index (κ3) is 8.52. The second kappa shape index (κ2) is 10.1. The van der Waals surface area contributed by atoms with E-state index in [2.05, 4.69) is 38.7 Å². The van der Waals surface area contributed by atoms with Crippen LogP contribution in [0.15, 0.2) is 12.2 Å². The third-order valence-electron chi connectivity index (χ3n) is 5.30. The van der Waals surface area contributed by atoms with Gasteiger partial charge < -0.3 is 18.6 Å².